The number of hydrogen-bond acceptors (Lipinski definition) is 5. The van der Waals surface area contributed by atoms with Gasteiger partial charge in [-0.2, -0.15) is 0 Å². The summed E-state index contributed by atoms with van der Waals surface area (Å²) in [6.07, 6.45) is 0. The van der Waals surface area contributed by atoms with Gasteiger partial charge in [0.15, 0.2) is 0 Å². The zero-order valence-electron chi connectivity index (χ0n) is 14.2. The predicted molar refractivity (Wildman–Crippen MR) is 97.2 cm³/mol. The molecule has 0 atom stereocenters. The second kappa shape index (κ2) is 6.58. The van der Waals surface area contributed by atoms with Gasteiger partial charge in [-0.15, -0.1) is 0 Å². The Balaban J connectivity index is 1.76. The van der Waals surface area contributed by atoms with Gasteiger partial charge in [-0.05, 0) is 36.4 Å². The number of amides is 2. The van der Waals surface area contributed by atoms with Crippen molar-refractivity contribution in [2.24, 2.45) is 0 Å². The molecule has 0 spiro atoms. The first-order valence-electron chi connectivity index (χ1n) is 8.15. The monoisotopic (exact) mass is 378 g/mol. The van der Waals surface area contributed by atoms with Crippen molar-refractivity contribution in [1.82, 2.24) is 0 Å². The summed E-state index contributed by atoms with van der Waals surface area (Å²) in [5.74, 6) is -1.33. The first-order chi connectivity index (χ1) is 13.4. The third kappa shape index (κ3) is 2.96. The van der Waals surface area contributed by atoms with Gasteiger partial charge in [0, 0.05) is 12.1 Å². The third-order valence-electron chi connectivity index (χ3n) is 4.19. The number of benzene rings is 3. The normalized spacial score (nSPS) is 12.8. The molecule has 1 aliphatic heterocycles. The number of nitrogens with zero attached hydrogens (tertiary/aromatic N) is 2. The number of non-ortho nitro benzene ring substituents is 1. The van der Waals surface area contributed by atoms with E-state index in [0.717, 1.165) is 17.0 Å². The highest BCUT2D eigenvalue weighted by Gasteiger charge is 2.37. The van der Waals surface area contributed by atoms with Crippen LogP contribution in [0, 0.1) is 15.9 Å². The molecule has 0 aliphatic carbocycles. The van der Waals surface area contributed by atoms with Gasteiger partial charge in [-0.1, -0.05) is 12.1 Å². The molecule has 0 saturated heterocycles. The molecule has 0 radical (unpaired) electrons. The summed E-state index contributed by atoms with van der Waals surface area (Å²) in [4.78, 5) is 36.8. The van der Waals surface area contributed by atoms with Crippen LogP contribution in [0.2, 0.25) is 0 Å². The summed E-state index contributed by atoms with van der Waals surface area (Å²) in [7, 11) is 0. The summed E-state index contributed by atoms with van der Waals surface area (Å²) in [5.41, 5.74) is 0.101. The maximum atomic E-state index is 13.1. The first-order valence-corrected chi connectivity index (χ1v) is 8.15. The fourth-order valence-electron chi connectivity index (χ4n) is 2.92. The Bertz CT molecular complexity index is 1090. The molecular formula is C20H11FN2O5. The summed E-state index contributed by atoms with van der Waals surface area (Å²) in [5, 5.41) is 11.3. The number of rotatable bonds is 4. The van der Waals surface area contributed by atoms with Gasteiger partial charge < -0.3 is 4.74 Å². The molecule has 28 heavy (non-hydrogen) atoms. The topological polar surface area (TPSA) is 89.8 Å². The molecule has 1 aliphatic rings. The molecule has 0 unspecified atom stereocenters. The van der Waals surface area contributed by atoms with Crippen LogP contribution in [-0.2, 0) is 0 Å². The minimum Gasteiger partial charge on any atom is -0.457 e. The van der Waals surface area contributed by atoms with Gasteiger partial charge in [-0.3, -0.25) is 19.7 Å². The van der Waals surface area contributed by atoms with Crippen molar-refractivity contribution in [1.29, 1.82) is 0 Å². The standard InChI is InChI=1S/C20H11FN2O5/c21-12-5-7-15(8-6-12)28-16-10-13(9-14(11-16)23(26)27)22-19(24)17-3-1-2-4-18(17)20(22)25/h1-11H. The number of carbonyl (C=O) groups excluding carboxylic acids is 2. The first kappa shape index (κ1) is 17.3. The molecule has 0 N–H and O–H groups in total. The SMILES string of the molecule is O=C1c2ccccc2C(=O)N1c1cc(Oc2ccc(F)cc2)cc([N+](=O)[O-])c1. The lowest BCUT2D eigenvalue weighted by molar-refractivity contribution is -0.384. The number of ether oxygens (including phenoxy) is 1. The average Bonchev–Trinajstić information content (AvgIpc) is 2.94. The van der Waals surface area contributed by atoms with E-state index >= 15 is 0 Å². The molecule has 0 saturated carbocycles. The van der Waals surface area contributed by atoms with Gasteiger partial charge in [0.2, 0.25) is 0 Å². The van der Waals surface area contributed by atoms with Crippen molar-refractivity contribution >= 4 is 23.2 Å². The van der Waals surface area contributed by atoms with Gasteiger partial charge in [0.25, 0.3) is 17.5 Å². The Kier molecular flexibility index (Phi) is 4.08. The maximum Gasteiger partial charge on any atom is 0.275 e. The highest BCUT2D eigenvalue weighted by molar-refractivity contribution is 6.34. The number of carbonyl (C=O) groups is 2. The fraction of sp³-hybridized carbons (Fsp3) is 0. The molecule has 138 valence electrons. The third-order valence-corrected chi connectivity index (χ3v) is 4.19. The number of imide groups is 1. The van der Waals surface area contributed by atoms with E-state index < -0.39 is 22.6 Å². The van der Waals surface area contributed by atoms with E-state index in [1.165, 1.54) is 42.5 Å². The smallest absolute Gasteiger partial charge is 0.275 e. The lowest BCUT2D eigenvalue weighted by Gasteiger charge is -2.15. The van der Waals surface area contributed by atoms with Gasteiger partial charge in [0.05, 0.1) is 27.8 Å². The zero-order chi connectivity index (χ0) is 19.8. The maximum absolute atomic E-state index is 13.1. The minimum atomic E-state index is -0.654. The molecule has 3 aromatic carbocycles. The quantitative estimate of drug-likeness (QED) is 0.383. The van der Waals surface area contributed by atoms with Gasteiger partial charge in [-0.25, -0.2) is 9.29 Å². The van der Waals surface area contributed by atoms with Gasteiger partial charge >= 0.3 is 0 Å². The molecule has 1 heterocycles. The molecule has 7 nitrogen and oxygen atoms in total. The van der Waals surface area contributed by atoms with E-state index in [0.29, 0.717) is 0 Å². The van der Waals surface area contributed by atoms with Crippen LogP contribution in [0.5, 0.6) is 11.5 Å². The van der Waals surface area contributed by atoms with E-state index in [-0.39, 0.29) is 34.0 Å². The van der Waals surface area contributed by atoms with Crippen LogP contribution in [0.3, 0.4) is 0 Å². The largest absolute Gasteiger partial charge is 0.457 e. The molecule has 0 aromatic heterocycles. The lowest BCUT2D eigenvalue weighted by atomic mass is 10.1. The molecular weight excluding hydrogens is 367 g/mol. The fourth-order valence-corrected chi connectivity index (χ4v) is 2.92. The second-order valence-electron chi connectivity index (χ2n) is 5.99. The van der Waals surface area contributed by atoms with Crippen LogP contribution in [0.25, 0.3) is 0 Å². The molecule has 2 amide bonds. The Morgan fingerprint density at radius 2 is 1.46 bits per heavy atom. The lowest BCUT2D eigenvalue weighted by Crippen LogP contribution is -2.29. The number of hydrogen-bond donors (Lipinski definition) is 0. The van der Waals surface area contributed by atoms with E-state index in [9.17, 15) is 24.1 Å². The summed E-state index contributed by atoms with van der Waals surface area (Å²) >= 11 is 0. The average molecular weight is 378 g/mol. The predicted octanol–water partition coefficient (Wildman–Crippen LogP) is 4.33. The highest BCUT2D eigenvalue weighted by atomic mass is 19.1. The van der Waals surface area contributed by atoms with E-state index in [2.05, 4.69) is 0 Å². The molecule has 8 heteroatoms. The van der Waals surface area contributed by atoms with Crippen LogP contribution < -0.4 is 9.64 Å². The number of nitro benzene ring substituents is 1. The van der Waals surface area contributed by atoms with Crippen molar-refractivity contribution in [3.05, 3.63) is 93.8 Å². The van der Waals surface area contributed by atoms with Crippen molar-refractivity contribution in [2.45, 2.75) is 0 Å². The Hall–Kier alpha value is -4.07. The molecule has 3 aromatic rings. The van der Waals surface area contributed by atoms with E-state index in [1.54, 1.807) is 12.1 Å². The Morgan fingerprint density at radius 3 is 2.04 bits per heavy atom. The Labute approximate surface area is 157 Å². The van der Waals surface area contributed by atoms with E-state index in [4.69, 9.17) is 4.74 Å². The number of anilines is 1. The van der Waals surface area contributed by atoms with Crippen LogP contribution in [0.4, 0.5) is 15.8 Å². The van der Waals surface area contributed by atoms with Crippen molar-refractivity contribution in [2.75, 3.05) is 4.90 Å². The molecule has 4 rings (SSSR count). The van der Waals surface area contributed by atoms with Crippen molar-refractivity contribution in [3.8, 4) is 11.5 Å². The number of halogens is 1. The Morgan fingerprint density at radius 1 is 0.857 bits per heavy atom. The van der Waals surface area contributed by atoms with Crippen LogP contribution in [0.15, 0.2) is 66.7 Å². The number of nitro groups is 1. The summed E-state index contributed by atoms with van der Waals surface area (Å²) in [6, 6.07) is 15.0. The van der Waals surface area contributed by atoms with Crippen molar-refractivity contribution in [3.63, 3.8) is 0 Å². The molecule has 0 bridgehead atoms. The van der Waals surface area contributed by atoms with Crippen LogP contribution in [0.1, 0.15) is 20.7 Å². The van der Waals surface area contributed by atoms with Crippen molar-refractivity contribution < 1.29 is 23.6 Å². The van der Waals surface area contributed by atoms with Crippen LogP contribution >= 0.6 is 0 Å². The van der Waals surface area contributed by atoms with Gasteiger partial charge in [0.1, 0.15) is 17.3 Å². The highest BCUT2D eigenvalue weighted by Crippen LogP contribution is 2.35. The number of fused-ring (bicyclic) bond motifs is 1. The zero-order valence-corrected chi connectivity index (χ0v) is 14.2. The van der Waals surface area contributed by atoms with E-state index in [1.807, 2.05) is 0 Å². The summed E-state index contributed by atoms with van der Waals surface area (Å²) < 4.78 is 18.6. The second-order valence-corrected chi connectivity index (χ2v) is 5.99. The molecule has 0 fully saturated rings. The minimum absolute atomic E-state index is 0.0116. The summed E-state index contributed by atoms with van der Waals surface area (Å²) in [6.45, 7) is 0. The van der Waals surface area contributed by atoms with Crippen LogP contribution in [-0.4, -0.2) is 16.7 Å².